The quantitative estimate of drug-likeness (QED) is 0.732. The number of aliphatic hydroxyl groups is 1. The fraction of sp³-hybridized carbons (Fsp3) is 0.850. The molecule has 0 spiro atoms. The minimum Gasteiger partial charge on any atom is -0.478 e. The van der Waals surface area contributed by atoms with E-state index in [4.69, 9.17) is 5.11 Å². The van der Waals surface area contributed by atoms with Gasteiger partial charge in [-0.1, -0.05) is 32.8 Å². The molecule has 3 heteroatoms. The molecule has 0 amide bonds. The highest BCUT2D eigenvalue weighted by Gasteiger charge is 2.57. The van der Waals surface area contributed by atoms with Crippen LogP contribution in [0.3, 0.4) is 0 Å². The maximum absolute atomic E-state index is 11.1. The average molecular weight is 322 g/mol. The second-order valence-electron chi connectivity index (χ2n) is 9.22. The van der Waals surface area contributed by atoms with Gasteiger partial charge in [0.15, 0.2) is 0 Å². The Bertz CT molecular complexity index is 489. The maximum atomic E-state index is 11.1. The first-order valence-electron chi connectivity index (χ1n) is 9.11. The van der Waals surface area contributed by atoms with Crippen LogP contribution in [0.1, 0.15) is 79.6 Å². The van der Waals surface area contributed by atoms with Gasteiger partial charge in [0.05, 0.1) is 5.60 Å². The zero-order valence-electron chi connectivity index (χ0n) is 15.5. The van der Waals surface area contributed by atoms with Crippen LogP contribution in [0, 0.1) is 22.7 Å². The van der Waals surface area contributed by atoms with Gasteiger partial charge in [-0.25, -0.2) is 4.79 Å². The third-order valence-electron chi connectivity index (χ3n) is 6.96. The summed E-state index contributed by atoms with van der Waals surface area (Å²) in [6, 6.07) is 0. The van der Waals surface area contributed by atoms with Crippen LogP contribution in [0.4, 0.5) is 0 Å². The first-order chi connectivity index (χ1) is 10.5. The fourth-order valence-corrected chi connectivity index (χ4v) is 5.92. The molecule has 2 fully saturated rings. The zero-order chi connectivity index (χ0) is 17.5. The van der Waals surface area contributed by atoms with Gasteiger partial charge >= 0.3 is 5.97 Å². The summed E-state index contributed by atoms with van der Waals surface area (Å²) in [4.78, 5) is 10.8. The van der Waals surface area contributed by atoms with Crippen LogP contribution in [0.15, 0.2) is 11.6 Å². The lowest BCUT2D eigenvalue weighted by Crippen LogP contribution is -2.57. The molecule has 2 aliphatic carbocycles. The lowest BCUT2D eigenvalue weighted by molar-refractivity contribution is -0.168. The van der Waals surface area contributed by atoms with Crippen LogP contribution in [-0.2, 0) is 4.79 Å². The molecule has 0 saturated heterocycles. The summed E-state index contributed by atoms with van der Waals surface area (Å²) in [5, 5.41) is 20.0. The van der Waals surface area contributed by atoms with Crippen molar-refractivity contribution in [2.24, 2.45) is 22.7 Å². The molecule has 0 aromatic heterocycles. The number of hydrogen-bond donors (Lipinski definition) is 2. The third-order valence-corrected chi connectivity index (χ3v) is 6.96. The number of fused-ring (bicyclic) bond motifs is 1. The van der Waals surface area contributed by atoms with E-state index >= 15 is 0 Å². The second-order valence-corrected chi connectivity index (χ2v) is 9.22. The van der Waals surface area contributed by atoms with E-state index in [1.807, 2.05) is 13.8 Å². The van der Waals surface area contributed by atoms with Crippen LogP contribution in [0.2, 0.25) is 0 Å². The average Bonchev–Trinajstić information content (AvgIpc) is 2.34. The van der Waals surface area contributed by atoms with Crippen molar-refractivity contribution in [3.8, 4) is 0 Å². The lowest BCUT2D eigenvalue weighted by Gasteiger charge is -2.61. The molecule has 132 valence electrons. The molecule has 2 N–H and O–H groups in total. The predicted molar refractivity (Wildman–Crippen MR) is 93.2 cm³/mol. The first-order valence-corrected chi connectivity index (χ1v) is 9.11. The van der Waals surface area contributed by atoms with Gasteiger partial charge in [0, 0.05) is 6.08 Å². The van der Waals surface area contributed by atoms with Gasteiger partial charge in [0.2, 0.25) is 0 Å². The molecule has 2 rings (SSSR count). The highest BCUT2D eigenvalue weighted by atomic mass is 16.4. The molecule has 3 nitrogen and oxygen atoms in total. The van der Waals surface area contributed by atoms with Crippen LogP contribution >= 0.6 is 0 Å². The van der Waals surface area contributed by atoms with E-state index in [9.17, 15) is 9.90 Å². The largest absolute Gasteiger partial charge is 0.478 e. The van der Waals surface area contributed by atoms with E-state index in [1.54, 1.807) is 0 Å². The Morgan fingerprint density at radius 3 is 2.43 bits per heavy atom. The molecule has 0 aromatic rings. The Morgan fingerprint density at radius 1 is 1.17 bits per heavy atom. The molecule has 0 heterocycles. The number of carboxylic acid groups (broad SMARTS) is 1. The summed E-state index contributed by atoms with van der Waals surface area (Å²) >= 11 is 0. The van der Waals surface area contributed by atoms with Crippen molar-refractivity contribution < 1.29 is 15.0 Å². The van der Waals surface area contributed by atoms with Crippen molar-refractivity contribution in [1.82, 2.24) is 0 Å². The van der Waals surface area contributed by atoms with Gasteiger partial charge in [-0.15, -0.1) is 0 Å². The Kier molecular flexibility index (Phi) is 5.02. The molecule has 4 atom stereocenters. The maximum Gasteiger partial charge on any atom is 0.328 e. The van der Waals surface area contributed by atoms with Crippen LogP contribution < -0.4 is 0 Å². The summed E-state index contributed by atoms with van der Waals surface area (Å²) in [6.45, 7) is 11.0. The Balaban J connectivity index is 2.24. The van der Waals surface area contributed by atoms with Gasteiger partial charge in [0.1, 0.15) is 0 Å². The summed E-state index contributed by atoms with van der Waals surface area (Å²) < 4.78 is 0. The van der Waals surface area contributed by atoms with Crippen molar-refractivity contribution in [3.63, 3.8) is 0 Å². The number of aliphatic carboxylic acids is 1. The summed E-state index contributed by atoms with van der Waals surface area (Å²) in [5.41, 5.74) is 0.761. The van der Waals surface area contributed by atoms with Gasteiger partial charge < -0.3 is 10.2 Å². The van der Waals surface area contributed by atoms with Gasteiger partial charge in [-0.05, 0) is 75.0 Å². The summed E-state index contributed by atoms with van der Waals surface area (Å²) in [7, 11) is 0. The van der Waals surface area contributed by atoms with Gasteiger partial charge in [-0.2, -0.15) is 0 Å². The van der Waals surface area contributed by atoms with Crippen LogP contribution in [0.5, 0.6) is 0 Å². The molecule has 2 saturated carbocycles. The van der Waals surface area contributed by atoms with Crippen molar-refractivity contribution in [2.45, 2.75) is 85.2 Å². The zero-order valence-corrected chi connectivity index (χ0v) is 15.5. The molecule has 0 bridgehead atoms. The van der Waals surface area contributed by atoms with E-state index in [-0.39, 0.29) is 11.3 Å². The molecular formula is C20H34O3. The van der Waals surface area contributed by atoms with Crippen molar-refractivity contribution >= 4 is 5.97 Å². The van der Waals surface area contributed by atoms with Crippen molar-refractivity contribution in [2.75, 3.05) is 0 Å². The highest BCUT2D eigenvalue weighted by molar-refractivity contribution is 5.80. The molecule has 2 aliphatic rings. The highest BCUT2D eigenvalue weighted by Crippen LogP contribution is 2.62. The number of rotatable bonds is 4. The SMILES string of the molecule is C/C(=C\C(=O)O)CC[C@@H]1[C@@]2(C)CCCC(C)(C)[C@@H]2CC[C@]1(C)O. The lowest BCUT2D eigenvalue weighted by atomic mass is 9.45. The topological polar surface area (TPSA) is 57.5 Å². The normalized spacial score (nSPS) is 40.5. The summed E-state index contributed by atoms with van der Waals surface area (Å²) in [6.07, 6.45) is 8.61. The predicted octanol–water partition coefficient (Wildman–Crippen LogP) is 4.79. The van der Waals surface area contributed by atoms with Gasteiger partial charge in [0.25, 0.3) is 0 Å². The van der Waals surface area contributed by atoms with Crippen LogP contribution in [-0.4, -0.2) is 21.8 Å². The van der Waals surface area contributed by atoms with Crippen molar-refractivity contribution in [1.29, 1.82) is 0 Å². The number of carboxylic acids is 1. The first kappa shape index (κ1) is 18.5. The monoisotopic (exact) mass is 322 g/mol. The van der Waals surface area contributed by atoms with E-state index in [2.05, 4.69) is 20.8 Å². The molecular weight excluding hydrogens is 288 g/mol. The molecule has 0 aliphatic heterocycles. The molecule has 0 aromatic carbocycles. The Labute approximate surface area is 141 Å². The Morgan fingerprint density at radius 2 is 1.83 bits per heavy atom. The minimum absolute atomic E-state index is 0.160. The smallest absolute Gasteiger partial charge is 0.328 e. The Hall–Kier alpha value is -0.830. The van der Waals surface area contributed by atoms with E-state index in [1.165, 1.54) is 25.3 Å². The second kappa shape index (κ2) is 6.23. The van der Waals surface area contributed by atoms with E-state index in [0.717, 1.165) is 31.3 Å². The molecule has 0 radical (unpaired) electrons. The van der Waals surface area contributed by atoms with Crippen LogP contribution in [0.25, 0.3) is 0 Å². The number of carbonyl (C=O) groups is 1. The minimum atomic E-state index is -0.874. The third kappa shape index (κ3) is 3.65. The molecule has 0 unspecified atom stereocenters. The molecule has 23 heavy (non-hydrogen) atoms. The summed E-state index contributed by atoms with van der Waals surface area (Å²) in [5.74, 6) is 0.0176. The van der Waals surface area contributed by atoms with Gasteiger partial charge in [-0.3, -0.25) is 0 Å². The number of hydrogen-bond acceptors (Lipinski definition) is 2. The van der Waals surface area contributed by atoms with Crippen molar-refractivity contribution in [3.05, 3.63) is 11.6 Å². The fourth-order valence-electron chi connectivity index (χ4n) is 5.92. The standard InChI is InChI=1S/C20H34O3/c1-14(13-17(21)22)7-8-16-19(4)11-6-10-18(2,3)15(19)9-12-20(16,5)23/h13,15-16,23H,6-12H2,1-5H3,(H,21,22)/b14-13+/t15-,16+,19-,20-/m0/s1. The van der Waals surface area contributed by atoms with E-state index < -0.39 is 11.6 Å². The van der Waals surface area contributed by atoms with E-state index in [0.29, 0.717) is 11.3 Å². The number of allylic oxidation sites excluding steroid dienone is 1.